The van der Waals surface area contributed by atoms with Crippen molar-refractivity contribution in [3.63, 3.8) is 0 Å². The topological polar surface area (TPSA) is 47.0 Å². The molecule has 1 aromatic heterocycles. The van der Waals surface area contributed by atoms with E-state index in [4.69, 9.17) is 4.74 Å². The van der Waals surface area contributed by atoms with Gasteiger partial charge in [-0.05, 0) is 13.5 Å². The van der Waals surface area contributed by atoms with Crippen LogP contribution in [-0.2, 0) is 11.2 Å². The number of alkyl halides is 2. The molecule has 1 N–H and O–H groups in total. The molecule has 0 aliphatic heterocycles. The molecule has 0 aliphatic rings. The number of hydrogen-bond donors (Lipinski definition) is 1. The van der Waals surface area contributed by atoms with Gasteiger partial charge in [-0.25, -0.2) is 8.78 Å². The van der Waals surface area contributed by atoms with Crippen LogP contribution in [0.5, 0.6) is 0 Å². The molecule has 7 heteroatoms. The van der Waals surface area contributed by atoms with Crippen molar-refractivity contribution in [2.75, 3.05) is 19.8 Å². The van der Waals surface area contributed by atoms with E-state index >= 15 is 0 Å². The van der Waals surface area contributed by atoms with Gasteiger partial charge in [-0.2, -0.15) is 0 Å². The van der Waals surface area contributed by atoms with E-state index in [-0.39, 0.29) is 12.6 Å². The first-order chi connectivity index (χ1) is 8.13. The van der Waals surface area contributed by atoms with Gasteiger partial charge in [0.25, 0.3) is 6.43 Å². The van der Waals surface area contributed by atoms with E-state index in [9.17, 15) is 8.78 Å². The Morgan fingerprint density at radius 1 is 1.41 bits per heavy atom. The lowest BCUT2D eigenvalue weighted by atomic mass is 10.3. The number of aromatic nitrogens is 2. The normalized spacial score (nSPS) is 13.2. The molecule has 0 saturated heterocycles. The first kappa shape index (κ1) is 14.4. The Balaban J connectivity index is 2.30. The van der Waals surface area contributed by atoms with E-state index in [2.05, 4.69) is 15.5 Å². The SMILES string of the molecule is CCNC(C)c1nnc(CCOCC(F)F)s1. The Morgan fingerprint density at radius 3 is 2.82 bits per heavy atom. The predicted octanol–water partition coefficient (Wildman–Crippen LogP) is 2.03. The second-order valence-electron chi connectivity index (χ2n) is 3.53. The highest BCUT2D eigenvalue weighted by molar-refractivity contribution is 7.11. The fourth-order valence-corrected chi connectivity index (χ4v) is 2.12. The Bertz CT molecular complexity index is 322. The Labute approximate surface area is 103 Å². The molecule has 17 heavy (non-hydrogen) atoms. The van der Waals surface area contributed by atoms with Gasteiger partial charge >= 0.3 is 0 Å². The van der Waals surface area contributed by atoms with Crippen LogP contribution >= 0.6 is 11.3 Å². The van der Waals surface area contributed by atoms with Crippen LogP contribution in [0.25, 0.3) is 0 Å². The number of nitrogens with zero attached hydrogens (tertiary/aromatic N) is 2. The van der Waals surface area contributed by atoms with Gasteiger partial charge in [-0.1, -0.05) is 18.3 Å². The molecule has 0 spiro atoms. The van der Waals surface area contributed by atoms with E-state index < -0.39 is 13.0 Å². The second kappa shape index (κ2) is 7.62. The minimum Gasteiger partial charge on any atom is -0.375 e. The van der Waals surface area contributed by atoms with Crippen molar-refractivity contribution < 1.29 is 13.5 Å². The zero-order chi connectivity index (χ0) is 12.7. The lowest BCUT2D eigenvalue weighted by molar-refractivity contribution is 0.0186. The number of nitrogens with one attached hydrogen (secondary N) is 1. The molecule has 1 heterocycles. The van der Waals surface area contributed by atoms with Crippen molar-refractivity contribution in [3.05, 3.63) is 10.0 Å². The van der Waals surface area contributed by atoms with Crippen LogP contribution in [0.1, 0.15) is 29.9 Å². The molecule has 1 atom stereocenters. The third kappa shape index (κ3) is 5.47. The first-order valence-corrected chi connectivity index (χ1v) is 6.36. The average molecular weight is 265 g/mol. The lowest BCUT2D eigenvalue weighted by Crippen LogP contribution is -2.17. The second-order valence-corrected chi connectivity index (χ2v) is 4.62. The Kier molecular flexibility index (Phi) is 6.46. The molecule has 0 fully saturated rings. The van der Waals surface area contributed by atoms with Crippen LogP contribution in [0.2, 0.25) is 0 Å². The van der Waals surface area contributed by atoms with Gasteiger partial charge in [0.1, 0.15) is 16.6 Å². The molecule has 0 radical (unpaired) electrons. The van der Waals surface area contributed by atoms with Crippen LogP contribution in [0.4, 0.5) is 8.78 Å². The van der Waals surface area contributed by atoms with Gasteiger partial charge in [-0.15, -0.1) is 10.2 Å². The zero-order valence-electron chi connectivity index (χ0n) is 9.95. The van der Waals surface area contributed by atoms with Crippen LogP contribution in [-0.4, -0.2) is 36.4 Å². The molecule has 0 bridgehead atoms. The highest BCUT2D eigenvalue weighted by atomic mass is 32.1. The van der Waals surface area contributed by atoms with E-state index in [1.54, 1.807) is 0 Å². The first-order valence-electron chi connectivity index (χ1n) is 5.55. The molecule has 0 aliphatic carbocycles. The molecule has 1 unspecified atom stereocenters. The Morgan fingerprint density at radius 2 is 2.18 bits per heavy atom. The van der Waals surface area contributed by atoms with Gasteiger partial charge in [0.2, 0.25) is 0 Å². The summed E-state index contributed by atoms with van der Waals surface area (Å²) in [5.41, 5.74) is 0. The fourth-order valence-electron chi connectivity index (χ4n) is 1.27. The van der Waals surface area contributed by atoms with Crippen LogP contribution in [0.3, 0.4) is 0 Å². The molecular weight excluding hydrogens is 248 g/mol. The fraction of sp³-hybridized carbons (Fsp3) is 0.800. The van der Waals surface area contributed by atoms with Crippen LogP contribution < -0.4 is 5.32 Å². The van der Waals surface area contributed by atoms with Gasteiger partial charge in [0.15, 0.2) is 0 Å². The summed E-state index contributed by atoms with van der Waals surface area (Å²) in [4.78, 5) is 0. The highest BCUT2D eigenvalue weighted by Gasteiger charge is 2.10. The molecule has 0 aromatic carbocycles. The van der Waals surface area contributed by atoms with Crippen molar-refractivity contribution in [2.45, 2.75) is 32.7 Å². The quantitative estimate of drug-likeness (QED) is 0.731. The van der Waals surface area contributed by atoms with Gasteiger partial charge in [0, 0.05) is 6.42 Å². The van der Waals surface area contributed by atoms with E-state index in [1.807, 2.05) is 13.8 Å². The summed E-state index contributed by atoms with van der Waals surface area (Å²) >= 11 is 1.49. The monoisotopic (exact) mass is 265 g/mol. The van der Waals surface area contributed by atoms with Crippen LogP contribution in [0, 0.1) is 0 Å². The van der Waals surface area contributed by atoms with Crippen molar-refractivity contribution in [2.24, 2.45) is 0 Å². The number of ether oxygens (including phenoxy) is 1. The van der Waals surface area contributed by atoms with Gasteiger partial charge in [-0.3, -0.25) is 0 Å². The lowest BCUT2D eigenvalue weighted by Gasteiger charge is -2.06. The van der Waals surface area contributed by atoms with Gasteiger partial charge in [0.05, 0.1) is 12.6 Å². The third-order valence-electron chi connectivity index (χ3n) is 2.07. The summed E-state index contributed by atoms with van der Waals surface area (Å²) in [7, 11) is 0. The molecule has 1 aromatic rings. The van der Waals surface area contributed by atoms with E-state index in [1.165, 1.54) is 11.3 Å². The summed E-state index contributed by atoms with van der Waals surface area (Å²) in [6.07, 6.45) is -1.88. The summed E-state index contributed by atoms with van der Waals surface area (Å²) < 4.78 is 28.4. The highest BCUT2D eigenvalue weighted by Crippen LogP contribution is 2.17. The number of hydrogen-bond acceptors (Lipinski definition) is 5. The molecular formula is C10H17F2N3OS. The molecule has 4 nitrogen and oxygen atoms in total. The summed E-state index contributed by atoms with van der Waals surface area (Å²) in [5.74, 6) is 0. The number of halogens is 2. The maximum atomic E-state index is 11.8. The molecule has 98 valence electrons. The largest absolute Gasteiger partial charge is 0.375 e. The van der Waals surface area contributed by atoms with Crippen molar-refractivity contribution in [1.29, 1.82) is 0 Å². The third-order valence-corrected chi connectivity index (χ3v) is 3.23. The molecule has 0 saturated carbocycles. The average Bonchev–Trinajstić information content (AvgIpc) is 2.73. The standard InChI is InChI=1S/C10H17F2N3OS/c1-3-13-7(2)10-15-14-9(17-10)4-5-16-6-8(11)12/h7-8,13H,3-6H2,1-2H3. The summed E-state index contributed by atoms with van der Waals surface area (Å²) in [6, 6.07) is 0.174. The van der Waals surface area contributed by atoms with Crippen LogP contribution in [0.15, 0.2) is 0 Å². The number of rotatable bonds is 8. The van der Waals surface area contributed by atoms with E-state index in [0.29, 0.717) is 6.42 Å². The van der Waals surface area contributed by atoms with E-state index in [0.717, 1.165) is 16.6 Å². The molecule has 0 amide bonds. The van der Waals surface area contributed by atoms with Crippen molar-refractivity contribution in [1.82, 2.24) is 15.5 Å². The van der Waals surface area contributed by atoms with Gasteiger partial charge < -0.3 is 10.1 Å². The summed E-state index contributed by atoms with van der Waals surface area (Å²) in [6.45, 7) is 4.65. The molecule has 1 rings (SSSR count). The summed E-state index contributed by atoms with van der Waals surface area (Å²) in [5, 5.41) is 13.0. The Hall–Kier alpha value is -0.660. The minimum absolute atomic E-state index is 0.174. The van der Waals surface area contributed by atoms with Crippen molar-refractivity contribution >= 4 is 11.3 Å². The smallest absolute Gasteiger partial charge is 0.261 e. The minimum atomic E-state index is -2.41. The predicted molar refractivity (Wildman–Crippen MR) is 62.5 cm³/mol. The van der Waals surface area contributed by atoms with Crippen molar-refractivity contribution in [3.8, 4) is 0 Å². The zero-order valence-corrected chi connectivity index (χ0v) is 10.8. The maximum Gasteiger partial charge on any atom is 0.261 e. The maximum absolute atomic E-state index is 11.8.